The second-order valence-corrected chi connectivity index (χ2v) is 5.94. The van der Waals surface area contributed by atoms with Gasteiger partial charge in [0.1, 0.15) is 0 Å². The van der Waals surface area contributed by atoms with Crippen molar-refractivity contribution >= 4 is 11.6 Å². The predicted octanol–water partition coefficient (Wildman–Crippen LogP) is 2.35. The molecule has 0 spiro atoms. The summed E-state index contributed by atoms with van der Waals surface area (Å²) >= 11 is 0. The summed E-state index contributed by atoms with van der Waals surface area (Å²) in [4.78, 5) is 5.89. The van der Waals surface area contributed by atoms with E-state index < -0.39 is 11.7 Å². The van der Waals surface area contributed by atoms with Crippen molar-refractivity contribution in [3.8, 4) is 0 Å². The maximum Gasteiger partial charge on any atom is 0.416 e. The zero-order chi connectivity index (χ0) is 17.7. The average molecular weight is 344 g/mol. The van der Waals surface area contributed by atoms with Gasteiger partial charge in [0.05, 0.1) is 25.3 Å². The number of hydrogen-bond acceptors (Lipinski definition) is 3. The number of rotatable bonds is 4. The summed E-state index contributed by atoms with van der Waals surface area (Å²) in [5, 5.41) is 2.86. The zero-order valence-corrected chi connectivity index (χ0v) is 13.9. The summed E-state index contributed by atoms with van der Waals surface area (Å²) in [6, 6.07) is 4.42. The molecule has 3 N–H and O–H groups in total. The number of nitrogens with zero attached hydrogens (tertiary/aromatic N) is 2. The second-order valence-electron chi connectivity index (χ2n) is 5.94. The average Bonchev–Trinajstić information content (AvgIpc) is 2.52. The van der Waals surface area contributed by atoms with E-state index in [9.17, 15) is 13.2 Å². The Morgan fingerprint density at radius 1 is 1.33 bits per heavy atom. The highest BCUT2D eigenvalue weighted by atomic mass is 19.4. The SMILES string of the molecule is CC(C)NC(N)=NCc1ccc(N2CCOCC2)cc1C(F)(F)F. The van der Waals surface area contributed by atoms with Gasteiger partial charge in [-0.05, 0) is 31.5 Å². The Kier molecular flexibility index (Phi) is 5.93. The van der Waals surface area contributed by atoms with E-state index in [4.69, 9.17) is 10.5 Å². The fraction of sp³-hybridized carbons (Fsp3) is 0.562. The number of anilines is 1. The highest BCUT2D eigenvalue weighted by molar-refractivity contribution is 5.78. The molecular formula is C16H23F3N4O. The Morgan fingerprint density at radius 2 is 2.00 bits per heavy atom. The first-order valence-electron chi connectivity index (χ1n) is 7.86. The Labute approximate surface area is 139 Å². The fourth-order valence-electron chi connectivity index (χ4n) is 2.50. The summed E-state index contributed by atoms with van der Waals surface area (Å²) < 4.78 is 45.4. The van der Waals surface area contributed by atoms with E-state index >= 15 is 0 Å². The monoisotopic (exact) mass is 344 g/mol. The zero-order valence-electron chi connectivity index (χ0n) is 13.9. The largest absolute Gasteiger partial charge is 0.416 e. The molecule has 0 bridgehead atoms. The molecule has 1 fully saturated rings. The van der Waals surface area contributed by atoms with Gasteiger partial charge in [0.2, 0.25) is 0 Å². The topological polar surface area (TPSA) is 62.9 Å². The molecule has 1 heterocycles. The third kappa shape index (κ3) is 5.02. The van der Waals surface area contributed by atoms with Crippen LogP contribution in [0.15, 0.2) is 23.2 Å². The molecular weight excluding hydrogens is 321 g/mol. The fourth-order valence-corrected chi connectivity index (χ4v) is 2.50. The molecule has 0 unspecified atom stereocenters. The molecule has 0 aliphatic carbocycles. The van der Waals surface area contributed by atoms with E-state index in [0.29, 0.717) is 32.0 Å². The van der Waals surface area contributed by atoms with E-state index in [1.165, 1.54) is 12.1 Å². The third-order valence-electron chi connectivity index (χ3n) is 3.63. The molecule has 1 saturated heterocycles. The quantitative estimate of drug-likeness (QED) is 0.650. The van der Waals surface area contributed by atoms with Crippen molar-refractivity contribution in [1.82, 2.24) is 5.32 Å². The molecule has 5 nitrogen and oxygen atoms in total. The predicted molar refractivity (Wildman–Crippen MR) is 88.1 cm³/mol. The highest BCUT2D eigenvalue weighted by Crippen LogP contribution is 2.35. The third-order valence-corrected chi connectivity index (χ3v) is 3.63. The van der Waals surface area contributed by atoms with Crippen LogP contribution in [0.2, 0.25) is 0 Å². The number of nitrogens with one attached hydrogen (secondary N) is 1. The lowest BCUT2D eigenvalue weighted by Gasteiger charge is -2.29. The van der Waals surface area contributed by atoms with Crippen LogP contribution in [0.4, 0.5) is 18.9 Å². The molecule has 1 aromatic rings. The van der Waals surface area contributed by atoms with Crippen LogP contribution in [0, 0.1) is 0 Å². The van der Waals surface area contributed by atoms with Crippen LogP contribution in [0.5, 0.6) is 0 Å². The minimum Gasteiger partial charge on any atom is -0.378 e. The lowest BCUT2D eigenvalue weighted by Crippen LogP contribution is -2.37. The Morgan fingerprint density at radius 3 is 2.58 bits per heavy atom. The number of morpholine rings is 1. The molecule has 0 amide bonds. The first-order valence-corrected chi connectivity index (χ1v) is 7.86. The molecule has 8 heteroatoms. The molecule has 1 aliphatic heterocycles. The molecule has 0 aromatic heterocycles. The smallest absolute Gasteiger partial charge is 0.378 e. The van der Waals surface area contributed by atoms with Crippen molar-refractivity contribution in [2.45, 2.75) is 32.6 Å². The van der Waals surface area contributed by atoms with Crippen molar-refractivity contribution in [2.24, 2.45) is 10.7 Å². The van der Waals surface area contributed by atoms with Crippen LogP contribution >= 0.6 is 0 Å². The molecule has 0 saturated carbocycles. The lowest BCUT2D eigenvalue weighted by atomic mass is 10.1. The van der Waals surface area contributed by atoms with Gasteiger partial charge in [0.15, 0.2) is 5.96 Å². The van der Waals surface area contributed by atoms with Gasteiger partial charge in [0.25, 0.3) is 0 Å². The standard InChI is InChI=1S/C16H23F3N4O/c1-11(2)22-15(20)21-10-12-3-4-13(9-14(12)16(17,18)19)23-5-7-24-8-6-23/h3-4,9,11H,5-8,10H2,1-2H3,(H3,20,21,22). The number of ether oxygens (including phenoxy) is 1. The molecule has 24 heavy (non-hydrogen) atoms. The van der Waals surface area contributed by atoms with Gasteiger partial charge in [-0.2, -0.15) is 13.2 Å². The number of guanidine groups is 1. The Balaban J connectivity index is 2.24. The van der Waals surface area contributed by atoms with Gasteiger partial charge in [0, 0.05) is 24.8 Å². The molecule has 0 atom stereocenters. The maximum absolute atomic E-state index is 13.4. The Bertz CT molecular complexity index is 581. The summed E-state index contributed by atoms with van der Waals surface area (Å²) in [6.07, 6.45) is -4.44. The van der Waals surface area contributed by atoms with Crippen LogP contribution in [-0.4, -0.2) is 38.3 Å². The molecule has 1 aromatic carbocycles. The normalized spacial score (nSPS) is 16.6. The van der Waals surface area contributed by atoms with Crippen molar-refractivity contribution in [1.29, 1.82) is 0 Å². The summed E-state index contributed by atoms with van der Waals surface area (Å²) in [5.74, 6) is 0.135. The van der Waals surface area contributed by atoms with Gasteiger partial charge in [-0.3, -0.25) is 0 Å². The van der Waals surface area contributed by atoms with E-state index in [2.05, 4.69) is 10.3 Å². The number of halogens is 3. The van der Waals surface area contributed by atoms with Crippen molar-refractivity contribution in [3.05, 3.63) is 29.3 Å². The van der Waals surface area contributed by atoms with Gasteiger partial charge in [-0.25, -0.2) is 4.99 Å². The van der Waals surface area contributed by atoms with Gasteiger partial charge < -0.3 is 20.7 Å². The van der Waals surface area contributed by atoms with E-state index in [0.717, 1.165) is 0 Å². The molecule has 134 valence electrons. The molecule has 2 rings (SSSR count). The number of hydrogen-bond donors (Lipinski definition) is 2. The lowest BCUT2D eigenvalue weighted by molar-refractivity contribution is -0.138. The summed E-state index contributed by atoms with van der Waals surface area (Å²) in [6.45, 7) is 5.83. The van der Waals surface area contributed by atoms with Crippen LogP contribution in [-0.2, 0) is 17.5 Å². The Hall–Kier alpha value is -1.96. The van der Waals surface area contributed by atoms with Crippen LogP contribution in [0.3, 0.4) is 0 Å². The van der Waals surface area contributed by atoms with E-state index in [1.54, 1.807) is 6.07 Å². The van der Waals surface area contributed by atoms with Crippen LogP contribution in [0.1, 0.15) is 25.0 Å². The number of aliphatic imine (C=N–C) groups is 1. The summed E-state index contributed by atoms with van der Waals surface area (Å²) in [7, 11) is 0. The van der Waals surface area contributed by atoms with Gasteiger partial charge >= 0.3 is 6.18 Å². The number of benzene rings is 1. The maximum atomic E-state index is 13.4. The first kappa shape index (κ1) is 18.4. The van der Waals surface area contributed by atoms with Crippen molar-refractivity contribution < 1.29 is 17.9 Å². The van der Waals surface area contributed by atoms with E-state index in [1.807, 2.05) is 18.7 Å². The summed E-state index contributed by atoms with van der Waals surface area (Å²) in [5.41, 5.74) is 5.64. The van der Waals surface area contributed by atoms with Gasteiger partial charge in [-0.1, -0.05) is 6.07 Å². The first-order chi connectivity index (χ1) is 11.3. The van der Waals surface area contributed by atoms with Gasteiger partial charge in [-0.15, -0.1) is 0 Å². The van der Waals surface area contributed by atoms with E-state index in [-0.39, 0.29) is 24.1 Å². The van der Waals surface area contributed by atoms with Crippen molar-refractivity contribution in [2.75, 3.05) is 31.2 Å². The van der Waals surface area contributed by atoms with Crippen LogP contribution in [0.25, 0.3) is 0 Å². The number of alkyl halides is 3. The number of nitrogens with two attached hydrogens (primary N) is 1. The molecule has 0 radical (unpaired) electrons. The minimum atomic E-state index is -4.44. The molecule has 1 aliphatic rings. The van der Waals surface area contributed by atoms with Crippen molar-refractivity contribution in [3.63, 3.8) is 0 Å². The second kappa shape index (κ2) is 7.74. The van der Waals surface area contributed by atoms with Crippen LogP contribution < -0.4 is 16.0 Å². The highest BCUT2D eigenvalue weighted by Gasteiger charge is 2.34. The minimum absolute atomic E-state index is 0.0690.